The summed E-state index contributed by atoms with van der Waals surface area (Å²) in [5, 5.41) is 0.676. The van der Waals surface area contributed by atoms with Crippen LogP contribution in [-0.2, 0) is 24.1 Å². The Morgan fingerprint density at radius 3 is 2.31 bits per heavy atom. The van der Waals surface area contributed by atoms with E-state index in [0.29, 0.717) is 17.3 Å². The maximum atomic E-state index is 11.2. The van der Waals surface area contributed by atoms with Gasteiger partial charge in [0.15, 0.2) is 5.82 Å². The van der Waals surface area contributed by atoms with Gasteiger partial charge in [-0.15, -0.1) is 0 Å². The van der Waals surface area contributed by atoms with Gasteiger partial charge >= 0.3 is 0 Å². The van der Waals surface area contributed by atoms with E-state index in [9.17, 15) is 4.79 Å². The van der Waals surface area contributed by atoms with Crippen LogP contribution >= 0.6 is 11.6 Å². The van der Waals surface area contributed by atoms with Crippen LogP contribution in [0.3, 0.4) is 0 Å². The standard InChI is InChI=1S/C22H21ClN2O/c1-3-20-14-21(12-17-9-7-16(8-10-17)11-15(2)26)25-22(24-20)18-5-4-6-19(23)13-18/h4-10,13-14H,3,11-12H2,1-2H3. The van der Waals surface area contributed by atoms with Crippen LogP contribution in [0.15, 0.2) is 54.6 Å². The monoisotopic (exact) mass is 364 g/mol. The summed E-state index contributed by atoms with van der Waals surface area (Å²) in [6.45, 7) is 3.70. The quantitative estimate of drug-likeness (QED) is 0.612. The highest BCUT2D eigenvalue weighted by Gasteiger charge is 2.08. The summed E-state index contributed by atoms with van der Waals surface area (Å²) >= 11 is 6.11. The van der Waals surface area contributed by atoms with E-state index in [1.807, 2.05) is 36.4 Å². The lowest BCUT2D eigenvalue weighted by Gasteiger charge is -2.08. The zero-order chi connectivity index (χ0) is 18.5. The summed E-state index contributed by atoms with van der Waals surface area (Å²) in [5.41, 5.74) is 5.11. The summed E-state index contributed by atoms with van der Waals surface area (Å²) in [5.74, 6) is 0.877. The molecule has 1 heterocycles. The molecule has 0 atom stereocenters. The number of benzene rings is 2. The molecule has 3 nitrogen and oxygen atoms in total. The van der Waals surface area contributed by atoms with E-state index >= 15 is 0 Å². The predicted octanol–water partition coefficient (Wildman–Crippen LogP) is 5.08. The van der Waals surface area contributed by atoms with Crippen LogP contribution in [0, 0.1) is 0 Å². The van der Waals surface area contributed by atoms with E-state index in [1.54, 1.807) is 6.92 Å². The number of ketones is 1. The van der Waals surface area contributed by atoms with Gasteiger partial charge in [-0.25, -0.2) is 9.97 Å². The van der Waals surface area contributed by atoms with E-state index in [2.05, 4.69) is 30.1 Å². The first-order valence-electron chi connectivity index (χ1n) is 8.73. The van der Waals surface area contributed by atoms with Crippen molar-refractivity contribution in [1.29, 1.82) is 0 Å². The number of carbonyl (C=O) groups is 1. The molecule has 0 fully saturated rings. The summed E-state index contributed by atoms with van der Waals surface area (Å²) < 4.78 is 0. The Morgan fingerprint density at radius 1 is 0.962 bits per heavy atom. The Bertz CT molecular complexity index is 920. The molecule has 3 aromatic rings. The van der Waals surface area contributed by atoms with Crippen LogP contribution < -0.4 is 0 Å². The number of Topliss-reactive ketones (excluding diaryl/α,β-unsaturated/α-hetero) is 1. The molecule has 4 heteroatoms. The molecular formula is C22H21ClN2O. The van der Waals surface area contributed by atoms with Crippen molar-refractivity contribution in [2.75, 3.05) is 0 Å². The second-order valence-corrected chi connectivity index (χ2v) is 6.85. The predicted molar refractivity (Wildman–Crippen MR) is 105 cm³/mol. The number of rotatable bonds is 6. The minimum absolute atomic E-state index is 0.173. The maximum Gasteiger partial charge on any atom is 0.159 e. The summed E-state index contributed by atoms with van der Waals surface area (Å²) in [7, 11) is 0. The normalized spacial score (nSPS) is 10.7. The van der Waals surface area contributed by atoms with Gasteiger partial charge < -0.3 is 0 Å². The van der Waals surface area contributed by atoms with Gasteiger partial charge in [0.05, 0.1) is 0 Å². The molecule has 0 spiro atoms. The number of hydrogen-bond donors (Lipinski definition) is 0. The highest BCUT2D eigenvalue weighted by molar-refractivity contribution is 6.30. The Morgan fingerprint density at radius 2 is 1.65 bits per heavy atom. The molecular weight excluding hydrogens is 344 g/mol. The fraction of sp³-hybridized carbons (Fsp3) is 0.227. The summed E-state index contributed by atoms with van der Waals surface area (Å²) in [6, 6.07) is 17.8. The molecule has 0 aliphatic carbocycles. The van der Waals surface area contributed by atoms with Crippen LogP contribution in [0.5, 0.6) is 0 Å². The zero-order valence-corrected chi connectivity index (χ0v) is 15.8. The SMILES string of the molecule is CCc1cc(Cc2ccc(CC(C)=O)cc2)nc(-c2cccc(Cl)c2)n1. The summed E-state index contributed by atoms with van der Waals surface area (Å²) in [6.07, 6.45) is 2.05. The molecule has 0 aliphatic heterocycles. The molecule has 26 heavy (non-hydrogen) atoms. The van der Waals surface area contributed by atoms with Gasteiger partial charge in [0.1, 0.15) is 5.78 Å². The second kappa shape index (κ2) is 8.24. The van der Waals surface area contributed by atoms with Crippen molar-refractivity contribution in [3.05, 3.63) is 82.1 Å². The van der Waals surface area contributed by atoms with Crippen molar-refractivity contribution in [2.24, 2.45) is 0 Å². The van der Waals surface area contributed by atoms with Gasteiger partial charge in [0, 0.05) is 34.8 Å². The first-order chi connectivity index (χ1) is 12.5. The fourth-order valence-corrected chi connectivity index (χ4v) is 3.04. The van der Waals surface area contributed by atoms with Crippen molar-refractivity contribution in [3.8, 4) is 11.4 Å². The smallest absolute Gasteiger partial charge is 0.159 e. The van der Waals surface area contributed by atoms with E-state index in [1.165, 1.54) is 0 Å². The number of nitrogens with zero attached hydrogens (tertiary/aromatic N) is 2. The fourth-order valence-electron chi connectivity index (χ4n) is 2.85. The largest absolute Gasteiger partial charge is 0.300 e. The van der Waals surface area contributed by atoms with Gasteiger partial charge in [-0.1, -0.05) is 54.9 Å². The van der Waals surface area contributed by atoms with E-state index < -0.39 is 0 Å². The zero-order valence-electron chi connectivity index (χ0n) is 15.0. The molecule has 2 aromatic carbocycles. The topological polar surface area (TPSA) is 42.9 Å². The first kappa shape index (κ1) is 18.3. The summed E-state index contributed by atoms with van der Waals surface area (Å²) in [4.78, 5) is 20.6. The Balaban J connectivity index is 1.87. The Kier molecular flexibility index (Phi) is 5.79. The van der Waals surface area contributed by atoms with Crippen molar-refractivity contribution in [3.63, 3.8) is 0 Å². The molecule has 0 bridgehead atoms. The third-order valence-corrected chi connectivity index (χ3v) is 4.37. The van der Waals surface area contributed by atoms with Crippen molar-refractivity contribution in [2.45, 2.75) is 33.1 Å². The van der Waals surface area contributed by atoms with Crippen LogP contribution in [0.4, 0.5) is 0 Å². The van der Waals surface area contributed by atoms with Gasteiger partial charge in [0.2, 0.25) is 0 Å². The minimum Gasteiger partial charge on any atom is -0.300 e. The van der Waals surface area contributed by atoms with Crippen LogP contribution in [-0.4, -0.2) is 15.8 Å². The van der Waals surface area contributed by atoms with Gasteiger partial charge in [-0.2, -0.15) is 0 Å². The third kappa shape index (κ3) is 4.77. The van der Waals surface area contributed by atoms with Crippen molar-refractivity contribution < 1.29 is 4.79 Å². The molecule has 0 radical (unpaired) electrons. The maximum absolute atomic E-state index is 11.2. The molecule has 0 amide bonds. The second-order valence-electron chi connectivity index (χ2n) is 6.41. The van der Waals surface area contributed by atoms with Crippen LogP contribution in [0.25, 0.3) is 11.4 Å². The first-order valence-corrected chi connectivity index (χ1v) is 9.11. The number of halogens is 1. The van der Waals surface area contributed by atoms with Gasteiger partial charge in [0.25, 0.3) is 0 Å². The molecule has 0 saturated heterocycles. The van der Waals surface area contributed by atoms with Gasteiger partial charge in [-0.05, 0) is 42.7 Å². The molecule has 0 saturated carbocycles. The average molecular weight is 365 g/mol. The lowest BCUT2D eigenvalue weighted by atomic mass is 10.0. The van der Waals surface area contributed by atoms with E-state index in [4.69, 9.17) is 16.6 Å². The van der Waals surface area contributed by atoms with E-state index in [0.717, 1.165) is 40.9 Å². The highest BCUT2D eigenvalue weighted by Crippen LogP contribution is 2.21. The lowest BCUT2D eigenvalue weighted by Crippen LogP contribution is -2.01. The number of carbonyl (C=O) groups excluding carboxylic acids is 1. The van der Waals surface area contributed by atoms with Crippen LogP contribution in [0.1, 0.15) is 36.4 Å². The molecule has 0 aliphatic rings. The molecule has 0 N–H and O–H groups in total. The Hall–Kier alpha value is -2.52. The Labute approximate surface area is 159 Å². The number of aryl methyl sites for hydroxylation is 1. The van der Waals surface area contributed by atoms with Crippen molar-refractivity contribution >= 4 is 17.4 Å². The number of hydrogen-bond acceptors (Lipinski definition) is 3. The van der Waals surface area contributed by atoms with E-state index in [-0.39, 0.29) is 5.78 Å². The minimum atomic E-state index is 0.173. The molecule has 0 unspecified atom stereocenters. The van der Waals surface area contributed by atoms with Gasteiger partial charge in [-0.3, -0.25) is 4.79 Å². The molecule has 3 rings (SSSR count). The van der Waals surface area contributed by atoms with Crippen LogP contribution in [0.2, 0.25) is 5.02 Å². The lowest BCUT2D eigenvalue weighted by molar-refractivity contribution is -0.116. The molecule has 1 aromatic heterocycles. The number of aromatic nitrogens is 2. The van der Waals surface area contributed by atoms with Crippen molar-refractivity contribution in [1.82, 2.24) is 9.97 Å². The highest BCUT2D eigenvalue weighted by atomic mass is 35.5. The molecule has 132 valence electrons. The average Bonchev–Trinajstić information content (AvgIpc) is 2.62. The third-order valence-electron chi connectivity index (χ3n) is 4.14.